The van der Waals surface area contributed by atoms with Gasteiger partial charge in [0.15, 0.2) is 0 Å². The molecule has 2 aromatic heterocycles. The molecule has 22 heavy (non-hydrogen) atoms. The molecule has 0 radical (unpaired) electrons. The number of aromatic nitrogens is 3. The van der Waals surface area contributed by atoms with Crippen LogP contribution in [-0.2, 0) is 6.18 Å². The average molecular weight is 307 g/mol. The van der Waals surface area contributed by atoms with E-state index in [2.05, 4.69) is 9.97 Å². The van der Waals surface area contributed by atoms with Crippen LogP contribution in [0.25, 0.3) is 22.3 Å². The van der Waals surface area contributed by atoms with E-state index in [1.807, 2.05) is 0 Å². The van der Waals surface area contributed by atoms with E-state index >= 15 is 0 Å². The van der Waals surface area contributed by atoms with Gasteiger partial charge >= 0.3 is 11.9 Å². The Hall–Kier alpha value is -2.90. The summed E-state index contributed by atoms with van der Waals surface area (Å²) in [5.41, 5.74) is -3.13. The van der Waals surface area contributed by atoms with Gasteiger partial charge in [-0.15, -0.1) is 0 Å². The number of H-pyrrole nitrogens is 2. The van der Waals surface area contributed by atoms with E-state index in [0.717, 1.165) is 6.07 Å². The van der Waals surface area contributed by atoms with Crippen LogP contribution in [0.4, 0.5) is 13.2 Å². The first-order valence-corrected chi connectivity index (χ1v) is 6.16. The standard InChI is InChI=1S/C14H8F3N3O2/c15-14(16,17)8-6-9(7-4-2-1-3-5-7)18-11-10(8)12(21)20-13(22)19-11/h1-6H,(H2,18,19,20,21,22). The molecule has 0 fully saturated rings. The summed E-state index contributed by atoms with van der Waals surface area (Å²) < 4.78 is 39.7. The predicted molar refractivity (Wildman–Crippen MR) is 73.4 cm³/mol. The van der Waals surface area contributed by atoms with Gasteiger partial charge in [0.1, 0.15) is 5.65 Å². The summed E-state index contributed by atoms with van der Waals surface area (Å²) in [4.78, 5) is 30.9. The molecule has 112 valence electrons. The van der Waals surface area contributed by atoms with Gasteiger partial charge in [-0.1, -0.05) is 30.3 Å². The first-order valence-electron chi connectivity index (χ1n) is 6.16. The van der Waals surface area contributed by atoms with Crippen LogP contribution >= 0.6 is 0 Å². The number of alkyl halides is 3. The van der Waals surface area contributed by atoms with E-state index in [1.165, 1.54) is 0 Å². The Bertz CT molecular complexity index is 959. The molecule has 0 saturated carbocycles. The van der Waals surface area contributed by atoms with Crippen LogP contribution in [0.5, 0.6) is 0 Å². The molecule has 2 N–H and O–H groups in total. The molecule has 0 spiro atoms. The molecule has 1 aromatic carbocycles. The normalized spacial score (nSPS) is 11.8. The van der Waals surface area contributed by atoms with E-state index in [1.54, 1.807) is 35.3 Å². The Balaban J connectivity index is 2.44. The van der Waals surface area contributed by atoms with Gasteiger partial charge in [-0.25, -0.2) is 9.78 Å². The second-order valence-corrected chi connectivity index (χ2v) is 4.55. The van der Waals surface area contributed by atoms with Crippen molar-refractivity contribution in [2.75, 3.05) is 0 Å². The minimum atomic E-state index is -4.75. The van der Waals surface area contributed by atoms with Gasteiger partial charge in [0.05, 0.1) is 16.6 Å². The van der Waals surface area contributed by atoms with E-state index in [4.69, 9.17) is 0 Å². The first kappa shape index (κ1) is 14.1. The van der Waals surface area contributed by atoms with Gasteiger partial charge in [0.25, 0.3) is 5.56 Å². The number of aromatic amines is 2. The number of nitrogens with one attached hydrogen (secondary N) is 2. The molecule has 0 aliphatic carbocycles. The Morgan fingerprint density at radius 3 is 2.32 bits per heavy atom. The van der Waals surface area contributed by atoms with Crippen LogP contribution in [0.15, 0.2) is 46.0 Å². The Morgan fingerprint density at radius 2 is 1.68 bits per heavy atom. The summed E-state index contributed by atoms with van der Waals surface area (Å²) in [5.74, 6) is 0. The van der Waals surface area contributed by atoms with Crippen molar-refractivity contribution >= 4 is 11.0 Å². The average Bonchev–Trinajstić information content (AvgIpc) is 2.45. The zero-order valence-corrected chi connectivity index (χ0v) is 10.9. The monoisotopic (exact) mass is 307 g/mol. The maximum Gasteiger partial charge on any atom is 0.417 e. The fraction of sp³-hybridized carbons (Fsp3) is 0.0714. The molecule has 5 nitrogen and oxygen atoms in total. The molecule has 8 heteroatoms. The molecule has 0 aliphatic rings. The molecule has 0 amide bonds. The number of pyridine rings is 1. The van der Waals surface area contributed by atoms with Crippen LogP contribution < -0.4 is 11.2 Å². The zero-order chi connectivity index (χ0) is 15.9. The minimum absolute atomic E-state index is 0.0154. The van der Waals surface area contributed by atoms with E-state index < -0.39 is 34.0 Å². The number of nitrogens with zero attached hydrogens (tertiary/aromatic N) is 1. The Labute approximate surface area is 120 Å². The van der Waals surface area contributed by atoms with Crippen molar-refractivity contribution in [1.82, 2.24) is 15.0 Å². The van der Waals surface area contributed by atoms with Crippen molar-refractivity contribution in [2.24, 2.45) is 0 Å². The molecule has 0 atom stereocenters. The molecular formula is C14H8F3N3O2. The third-order valence-electron chi connectivity index (χ3n) is 3.08. The largest absolute Gasteiger partial charge is 0.417 e. The molecule has 3 aromatic rings. The van der Waals surface area contributed by atoms with Crippen molar-refractivity contribution in [1.29, 1.82) is 0 Å². The maximum atomic E-state index is 13.2. The number of rotatable bonds is 1. The van der Waals surface area contributed by atoms with Gasteiger partial charge in [-0.05, 0) is 6.07 Å². The van der Waals surface area contributed by atoms with E-state index in [-0.39, 0.29) is 5.69 Å². The highest BCUT2D eigenvalue weighted by Crippen LogP contribution is 2.34. The number of fused-ring (bicyclic) bond motifs is 1. The number of hydrogen-bond donors (Lipinski definition) is 2. The quantitative estimate of drug-likeness (QED) is 0.724. The van der Waals surface area contributed by atoms with Crippen molar-refractivity contribution in [3.05, 3.63) is 62.8 Å². The lowest BCUT2D eigenvalue weighted by Gasteiger charge is -2.11. The van der Waals surface area contributed by atoms with Crippen LogP contribution in [-0.4, -0.2) is 15.0 Å². The van der Waals surface area contributed by atoms with Crippen molar-refractivity contribution in [3.8, 4) is 11.3 Å². The number of hydrogen-bond acceptors (Lipinski definition) is 3. The van der Waals surface area contributed by atoms with Crippen LogP contribution in [0.2, 0.25) is 0 Å². The van der Waals surface area contributed by atoms with E-state index in [9.17, 15) is 22.8 Å². The van der Waals surface area contributed by atoms with Gasteiger partial charge < -0.3 is 0 Å². The van der Waals surface area contributed by atoms with Gasteiger partial charge in [0, 0.05) is 5.56 Å². The summed E-state index contributed by atoms with van der Waals surface area (Å²) in [6, 6.07) is 8.97. The molecule has 0 aliphatic heterocycles. The van der Waals surface area contributed by atoms with Gasteiger partial charge in [-0.2, -0.15) is 13.2 Å². The highest BCUT2D eigenvalue weighted by Gasteiger charge is 2.35. The maximum absolute atomic E-state index is 13.2. The summed E-state index contributed by atoms with van der Waals surface area (Å²) in [6.07, 6.45) is -4.75. The number of halogens is 3. The van der Waals surface area contributed by atoms with Gasteiger partial charge in [0.2, 0.25) is 0 Å². The summed E-state index contributed by atoms with van der Waals surface area (Å²) in [7, 11) is 0. The topological polar surface area (TPSA) is 78.6 Å². The number of benzene rings is 1. The predicted octanol–water partition coefficient (Wildman–Crippen LogP) is 2.30. The first-order chi connectivity index (χ1) is 10.4. The zero-order valence-electron chi connectivity index (χ0n) is 10.9. The molecule has 2 heterocycles. The molecule has 3 rings (SSSR count). The van der Waals surface area contributed by atoms with Crippen LogP contribution in [0.3, 0.4) is 0 Å². The Morgan fingerprint density at radius 1 is 1.00 bits per heavy atom. The van der Waals surface area contributed by atoms with Crippen molar-refractivity contribution in [2.45, 2.75) is 6.18 Å². The lowest BCUT2D eigenvalue weighted by atomic mass is 10.1. The summed E-state index contributed by atoms with van der Waals surface area (Å²) >= 11 is 0. The van der Waals surface area contributed by atoms with Crippen LogP contribution in [0, 0.1) is 0 Å². The lowest BCUT2D eigenvalue weighted by molar-refractivity contribution is -0.136. The highest BCUT2D eigenvalue weighted by molar-refractivity contribution is 5.81. The molecule has 0 unspecified atom stereocenters. The highest BCUT2D eigenvalue weighted by atomic mass is 19.4. The second-order valence-electron chi connectivity index (χ2n) is 4.55. The van der Waals surface area contributed by atoms with Crippen molar-refractivity contribution in [3.63, 3.8) is 0 Å². The minimum Gasteiger partial charge on any atom is -0.291 e. The second kappa shape index (κ2) is 4.83. The molecule has 0 saturated heterocycles. The smallest absolute Gasteiger partial charge is 0.291 e. The summed E-state index contributed by atoms with van der Waals surface area (Å²) in [5, 5.41) is -0.688. The SMILES string of the molecule is O=c1[nH]c(=O)c2c(C(F)(F)F)cc(-c3ccccc3)nc2[nH]1. The summed E-state index contributed by atoms with van der Waals surface area (Å²) in [6.45, 7) is 0. The Kier molecular flexibility index (Phi) is 3.09. The fourth-order valence-electron chi connectivity index (χ4n) is 2.15. The van der Waals surface area contributed by atoms with Crippen LogP contribution in [0.1, 0.15) is 5.56 Å². The third kappa shape index (κ3) is 2.39. The molecular weight excluding hydrogens is 299 g/mol. The lowest BCUT2D eigenvalue weighted by Crippen LogP contribution is -2.25. The fourth-order valence-corrected chi connectivity index (χ4v) is 2.15. The van der Waals surface area contributed by atoms with Gasteiger partial charge in [-0.3, -0.25) is 14.8 Å². The van der Waals surface area contributed by atoms with E-state index in [0.29, 0.717) is 5.56 Å². The molecule has 0 bridgehead atoms. The van der Waals surface area contributed by atoms with Crippen molar-refractivity contribution < 1.29 is 13.2 Å². The third-order valence-corrected chi connectivity index (χ3v) is 3.08.